The molecular weight excluding hydrogens is 1590 g/mol. The van der Waals surface area contributed by atoms with E-state index in [0.717, 1.165) is 6.92 Å². The lowest BCUT2D eigenvalue weighted by atomic mass is 9.96. The van der Waals surface area contributed by atoms with Crippen LogP contribution in [0.4, 0.5) is 0 Å². The van der Waals surface area contributed by atoms with Gasteiger partial charge in [-0.05, 0) is 150 Å². The van der Waals surface area contributed by atoms with E-state index in [1.54, 1.807) is 41.5 Å². The van der Waals surface area contributed by atoms with Gasteiger partial charge in [0, 0.05) is 63.9 Å². The number of likely N-dealkylation sites (tertiary alicyclic amines) is 1. The van der Waals surface area contributed by atoms with E-state index in [4.69, 9.17) is 45.7 Å². The molecular formula is C77H133N27O18. The first-order valence-electron chi connectivity index (χ1n) is 41.3. The first kappa shape index (κ1) is 106. The minimum atomic E-state index is -1.82. The summed E-state index contributed by atoms with van der Waals surface area (Å²) in [5, 5.41) is 67.9. The van der Waals surface area contributed by atoms with Crippen molar-refractivity contribution in [3.63, 3.8) is 0 Å². The Morgan fingerprint density at radius 2 is 0.951 bits per heavy atom. The van der Waals surface area contributed by atoms with Crippen molar-refractivity contribution in [3.8, 4) is 5.75 Å². The summed E-state index contributed by atoms with van der Waals surface area (Å²) in [6, 6.07) is -12.8. The number of nitrogens with two attached hydrogens (primary N) is 7. The molecule has 0 aromatic heterocycles. The van der Waals surface area contributed by atoms with E-state index in [0.29, 0.717) is 31.2 Å². The number of aliphatic hydroxyl groups excluding tert-OH is 1. The number of amides is 14. The van der Waals surface area contributed by atoms with Crippen molar-refractivity contribution in [2.45, 2.75) is 263 Å². The minimum absolute atomic E-state index is 0.00117. The Morgan fingerprint density at radius 1 is 0.508 bits per heavy atom. The van der Waals surface area contributed by atoms with Crippen LogP contribution in [0.25, 0.3) is 10.4 Å². The summed E-state index contributed by atoms with van der Waals surface area (Å²) >= 11 is 0. The Balaban J connectivity index is 2.66. The molecule has 1 aromatic carbocycles. The zero-order chi connectivity index (χ0) is 91.9. The molecule has 1 aromatic rings. The van der Waals surface area contributed by atoms with Gasteiger partial charge in [0.25, 0.3) is 0 Å². The topological polar surface area (TPSA) is 744 Å². The van der Waals surface area contributed by atoms with Crippen molar-refractivity contribution in [1.82, 2.24) is 74.0 Å². The number of nitrogens with one attached hydrogen (secondary N) is 13. The highest BCUT2D eigenvalue weighted by molar-refractivity contribution is 6.00. The van der Waals surface area contributed by atoms with Crippen molar-refractivity contribution in [2.24, 2.45) is 83.9 Å². The number of azide groups is 1. The molecule has 30 N–H and O–H groups in total. The lowest BCUT2D eigenvalue weighted by Crippen LogP contribution is -2.61. The summed E-state index contributed by atoms with van der Waals surface area (Å²) in [7, 11) is 0. The number of aliphatic imine (C=N–C) groups is 3. The number of phenolic OH excluding ortho intramolecular Hbond substituents is 1. The maximum atomic E-state index is 15.2. The molecule has 0 unspecified atom stereocenters. The number of phenols is 1. The lowest BCUT2D eigenvalue weighted by Gasteiger charge is -2.31. The van der Waals surface area contributed by atoms with Gasteiger partial charge in [-0.2, -0.15) is 0 Å². The van der Waals surface area contributed by atoms with E-state index >= 15 is 4.79 Å². The van der Waals surface area contributed by atoms with Crippen molar-refractivity contribution in [1.29, 1.82) is 0 Å². The monoisotopic (exact) mass is 1720 g/mol. The number of aliphatic carboxylic acids is 1. The van der Waals surface area contributed by atoms with Gasteiger partial charge in [0.15, 0.2) is 17.9 Å². The first-order chi connectivity index (χ1) is 57.6. The fourth-order valence-corrected chi connectivity index (χ4v) is 12.8. The smallest absolute Gasteiger partial charge is 0.303 e. The maximum absolute atomic E-state index is 15.2. The standard InChI is InChI=1S/C77H133N27O18/c1-11-43(7)60(72(120)97-54(62(79)110)37-41(3)4)101-66(114)49(19-13-14-30-78)93-64(112)50(20-15-31-86-75(80)81)94-69(117)56(39-47-24-26-48(107)27-25-47)98-63(111)45(9)91-71(119)58-23-18-36-104(58)74(122)53(22-17-33-88-77(84)89-34-35-90-103-85)96-65(113)51(21-16-32-87-76(82)83)95-70(118)57(40-105)100-68(116)55(38-42(5)6)99-73(121)61(44(8)12-2)102-67(115)52(92-46(10)106)28-29-59(108)109/h24-27,41-45,49-58,60-61,105,107H,11-23,28-40,78H2,1-10H3,(H2,79,110)(H,91,119)(H,92,106)(H,93,112)(H,94,117)(H,95,118)(H,96,113)(H,97,120)(H,98,111)(H,99,121)(H,100,116)(H,101,114)(H,102,115)(H,108,109)(H4,80,81,86)(H4,82,83,87)(H3,84,88,89)/t43-,44-,45-,49-,50-,51-,52-,53-,54-,55-,56-,57-,58-,60-,61-/m0/s1. The molecule has 0 aliphatic carbocycles. The summed E-state index contributed by atoms with van der Waals surface area (Å²) in [5.74, 6) is -15.6. The maximum Gasteiger partial charge on any atom is 0.303 e. The Labute approximate surface area is 710 Å². The third kappa shape index (κ3) is 40.4. The fraction of sp³-hybridized carbons (Fsp3) is 0.688. The van der Waals surface area contributed by atoms with Gasteiger partial charge in [-0.1, -0.05) is 85.5 Å². The molecule has 122 heavy (non-hydrogen) atoms. The molecule has 1 aliphatic heterocycles. The molecule has 15 atom stereocenters. The number of primary amides is 1. The average Bonchev–Trinajstić information content (AvgIpc) is 1.63. The number of benzene rings is 1. The number of carboxylic acids is 1. The van der Waals surface area contributed by atoms with E-state index in [2.05, 4.69) is 94.1 Å². The number of aliphatic hydroxyl groups is 1. The first-order valence-corrected chi connectivity index (χ1v) is 41.3. The molecule has 0 radical (unpaired) electrons. The number of hydrogen-bond donors (Lipinski definition) is 23. The van der Waals surface area contributed by atoms with Crippen LogP contribution in [0.3, 0.4) is 0 Å². The molecule has 14 amide bonds. The Morgan fingerprint density at radius 3 is 1.43 bits per heavy atom. The summed E-state index contributed by atoms with van der Waals surface area (Å²) < 4.78 is 0. The van der Waals surface area contributed by atoms with Crippen LogP contribution in [0, 0.1) is 23.7 Å². The summed E-state index contributed by atoms with van der Waals surface area (Å²) in [4.78, 5) is 225. The number of guanidine groups is 3. The highest BCUT2D eigenvalue weighted by Gasteiger charge is 2.42. The van der Waals surface area contributed by atoms with Crippen molar-refractivity contribution < 1.29 is 87.2 Å². The second kappa shape index (κ2) is 56.6. The number of carbonyl (C=O) groups excluding carboxylic acids is 14. The van der Waals surface area contributed by atoms with E-state index < -0.39 is 192 Å². The number of hydrogen-bond acceptors (Lipinski definition) is 22. The van der Waals surface area contributed by atoms with Crippen LogP contribution in [0.5, 0.6) is 5.75 Å². The van der Waals surface area contributed by atoms with Crippen LogP contribution in [0.15, 0.2) is 44.4 Å². The van der Waals surface area contributed by atoms with Crippen LogP contribution in [0.1, 0.15) is 184 Å². The van der Waals surface area contributed by atoms with Gasteiger partial charge in [-0.15, -0.1) is 0 Å². The second-order valence-corrected chi connectivity index (χ2v) is 31.0. The Kier molecular flexibility index (Phi) is 49.3. The van der Waals surface area contributed by atoms with E-state index in [1.165, 1.54) is 36.1 Å². The molecule has 684 valence electrons. The summed E-state index contributed by atoms with van der Waals surface area (Å²) in [5.41, 5.74) is 49.1. The van der Waals surface area contributed by atoms with Crippen LogP contribution < -0.4 is 109 Å². The highest BCUT2D eigenvalue weighted by atomic mass is 16.4. The minimum Gasteiger partial charge on any atom is -0.508 e. The number of rotatable bonds is 58. The van der Waals surface area contributed by atoms with Gasteiger partial charge in [0.05, 0.1) is 6.61 Å². The highest BCUT2D eigenvalue weighted by Crippen LogP contribution is 2.22. The molecule has 0 spiro atoms. The average molecular weight is 1730 g/mol. The quantitative estimate of drug-likeness (QED) is 0.00730. The van der Waals surface area contributed by atoms with Crippen molar-refractivity contribution in [2.75, 3.05) is 52.4 Å². The van der Waals surface area contributed by atoms with Crippen molar-refractivity contribution in [3.05, 3.63) is 40.3 Å². The second-order valence-electron chi connectivity index (χ2n) is 31.0. The largest absolute Gasteiger partial charge is 0.508 e. The van der Waals surface area contributed by atoms with Gasteiger partial charge < -0.3 is 129 Å². The Bertz CT molecular complexity index is 3760. The molecule has 45 nitrogen and oxygen atoms in total. The lowest BCUT2D eigenvalue weighted by molar-refractivity contribution is -0.142. The third-order valence-electron chi connectivity index (χ3n) is 19.9. The molecule has 0 bridgehead atoms. The number of unbranched alkanes of at least 4 members (excludes halogenated alkanes) is 1. The number of carbonyl (C=O) groups is 15. The van der Waals surface area contributed by atoms with Crippen LogP contribution in [0.2, 0.25) is 0 Å². The van der Waals surface area contributed by atoms with Crippen LogP contribution >= 0.6 is 0 Å². The number of carboxylic acid groups (broad SMARTS) is 1. The van der Waals surface area contributed by atoms with Gasteiger partial charge in [-0.3, -0.25) is 86.9 Å². The van der Waals surface area contributed by atoms with Gasteiger partial charge in [0.1, 0.15) is 84.3 Å². The van der Waals surface area contributed by atoms with Gasteiger partial charge in [-0.25, -0.2) is 0 Å². The van der Waals surface area contributed by atoms with Gasteiger partial charge >= 0.3 is 5.97 Å². The number of aromatic hydroxyl groups is 1. The molecule has 1 saturated heterocycles. The molecule has 2 rings (SSSR count). The third-order valence-corrected chi connectivity index (χ3v) is 19.9. The zero-order valence-electron chi connectivity index (χ0n) is 71.6. The van der Waals surface area contributed by atoms with E-state index in [-0.39, 0.29) is 165 Å². The van der Waals surface area contributed by atoms with E-state index in [1.807, 2.05) is 13.8 Å². The van der Waals surface area contributed by atoms with Crippen LogP contribution in [-0.4, -0.2) is 258 Å². The fourth-order valence-electron chi connectivity index (χ4n) is 12.8. The van der Waals surface area contributed by atoms with Crippen molar-refractivity contribution >= 4 is 107 Å². The van der Waals surface area contributed by atoms with Crippen LogP contribution in [-0.2, 0) is 78.3 Å². The summed E-state index contributed by atoms with van der Waals surface area (Å²) in [6.07, 6.45) is 0.314. The molecule has 1 aliphatic rings. The van der Waals surface area contributed by atoms with Gasteiger partial charge in [0.2, 0.25) is 82.7 Å². The SMILES string of the molecule is CC[C@H](C)[C@H](NC(=O)[C@H](CCCCN)NC(=O)[C@H](CCCN=C(N)N)NC(=O)[C@H](Cc1ccc(O)cc1)NC(=O)[C@H](C)NC(=O)[C@@H]1CCCN1C(=O)[C@H](CCCNC(N)=NCCN=[N+]=[N-])NC(=O)[C@H](CCCN=C(N)N)NC(=O)[C@H](CO)NC(=O)[C@H](CC(C)C)NC(=O)[C@@H](NC(=O)[C@H](CCC(=O)O)NC(C)=O)[C@@H](C)CC)C(=O)N[C@@H](CC(C)C)C(N)=O. The summed E-state index contributed by atoms with van der Waals surface area (Å²) in [6.45, 7) is 15.4. The Hall–Kier alpha value is -11.9. The predicted molar refractivity (Wildman–Crippen MR) is 452 cm³/mol. The number of nitrogens with zero attached hydrogens (tertiary/aromatic N) is 7. The molecule has 1 heterocycles. The molecule has 45 heteroatoms. The predicted octanol–water partition coefficient (Wildman–Crippen LogP) is -4.46. The normalized spacial score (nSPS) is 15.9. The van der Waals surface area contributed by atoms with E-state index in [9.17, 15) is 82.4 Å². The molecule has 1 fully saturated rings. The zero-order valence-corrected chi connectivity index (χ0v) is 71.6. The molecule has 0 saturated carbocycles.